The zero-order valence-electron chi connectivity index (χ0n) is 8.58. The van der Waals surface area contributed by atoms with Crippen molar-refractivity contribution in [1.82, 2.24) is 10.9 Å². The Hall–Kier alpha value is -1.58. The molecule has 0 amide bonds. The number of nitrogens with two attached hydrogens (primary N) is 2. The molecule has 0 bridgehead atoms. The minimum atomic E-state index is 0.0779. The third-order valence-electron chi connectivity index (χ3n) is 1.42. The Morgan fingerprint density at radius 1 is 1.29 bits per heavy atom. The summed E-state index contributed by atoms with van der Waals surface area (Å²) >= 11 is 10.8. The average Bonchev–Trinajstić information content (AvgIpc) is 2.75. The van der Waals surface area contributed by atoms with Crippen LogP contribution < -0.4 is 22.3 Å². The highest BCUT2D eigenvalue weighted by atomic mass is 32.1. The highest BCUT2D eigenvalue weighted by Crippen LogP contribution is 2.08. The summed E-state index contributed by atoms with van der Waals surface area (Å²) in [6.07, 6.45) is 1.47. The summed E-state index contributed by atoms with van der Waals surface area (Å²) in [5.41, 5.74) is 16.0. The van der Waals surface area contributed by atoms with Gasteiger partial charge in [0, 0.05) is 0 Å². The molecule has 0 saturated heterocycles. The van der Waals surface area contributed by atoms with Crippen LogP contribution in [-0.2, 0) is 0 Å². The molecule has 0 atom stereocenters. The summed E-state index contributed by atoms with van der Waals surface area (Å²) in [5, 5.41) is 9.89. The average molecular weight is 286 g/mol. The molecule has 0 spiro atoms. The van der Waals surface area contributed by atoms with E-state index >= 15 is 0 Å². The molecule has 9 heteroatoms. The second-order valence-electron chi connectivity index (χ2n) is 2.68. The summed E-state index contributed by atoms with van der Waals surface area (Å²) in [6, 6.07) is 3.78. The van der Waals surface area contributed by atoms with Crippen molar-refractivity contribution in [1.29, 1.82) is 0 Å². The number of rotatable bonds is 4. The zero-order chi connectivity index (χ0) is 12.7. The van der Waals surface area contributed by atoms with E-state index in [1.807, 2.05) is 17.5 Å². The van der Waals surface area contributed by atoms with Crippen LogP contribution in [0.25, 0.3) is 0 Å². The molecule has 0 unspecified atom stereocenters. The zero-order valence-corrected chi connectivity index (χ0v) is 11.0. The van der Waals surface area contributed by atoms with E-state index in [1.165, 1.54) is 17.6 Å². The number of thiocarbonyl (C=S) groups is 2. The second-order valence-corrected chi connectivity index (χ2v) is 4.51. The molecule has 0 radical (unpaired) electrons. The molecule has 0 saturated carbocycles. The van der Waals surface area contributed by atoms with Gasteiger partial charge >= 0.3 is 0 Å². The van der Waals surface area contributed by atoms with E-state index in [-0.39, 0.29) is 10.2 Å². The van der Waals surface area contributed by atoms with Crippen LogP contribution >= 0.6 is 35.8 Å². The molecule has 17 heavy (non-hydrogen) atoms. The van der Waals surface area contributed by atoms with Crippen LogP contribution in [0.2, 0.25) is 0 Å². The molecular formula is C8H10N6S3. The highest BCUT2D eigenvalue weighted by molar-refractivity contribution is 7.80. The van der Waals surface area contributed by atoms with Gasteiger partial charge in [-0.3, -0.25) is 10.9 Å². The van der Waals surface area contributed by atoms with Crippen molar-refractivity contribution in [2.75, 3.05) is 0 Å². The van der Waals surface area contributed by atoms with Crippen molar-refractivity contribution in [3.8, 4) is 0 Å². The van der Waals surface area contributed by atoms with Gasteiger partial charge in [-0.05, 0) is 35.9 Å². The third kappa shape index (κ3) is 5.33. The molecule has 0 aromatic carbocycles. The van der Waals surface area contributed by atoms with Gasteiger partial charge in [0.15, 0.2) is 10.2 Å². The molecule has 0 aliphatic carbocycles. The number of nitrogens with one attached hydrogen (secondary N) is 2. The molecule has 1 heterocycles. The van der Waals surface area contributed by atoms with Crippen molar-refractivity contribution < 1.29 is 0 Å². The van der Waals surface area contributed by atoms with Crippen LogP contribution in [0.4, 0.5) is 0 Å². The fourth-order valence-corrected chi connectivity index (χ4v) is 1.62. The number of hydrogen-bond acceptors (Lipinski definition) is 5. The quantitative estimate of drug-likeness (QED) is 0.356. The topological polar surface area (TPSA) is 101 Å². The maximum Gasteiger partial charge on any atom is 0.184 e. The van der Waals surface area contributed by atoms with Crippen molar-refractivity contribution in [3.05, 3.63) is 22.4 Å². The van der Waals surface area contributed by atoms with E-state index in [4.69, 9.17) is 11.5 Å². The first-order chi connectivity index (χ1) is 8.09. The van der Waals surface area contributed by atoms with E-state index < -0.39 is 0 Å². The molecule has 1 aromatic rings. The Morgan fingerprint density at radius 3 is 2.53 bits per heavy atom. The lowest BCUT2D eigenvalue weighted by Crippen LogP contribution is -2.27. The minimum absolute atomic E-state index is 0.0779. The monoisotopic (exact) mass is 286 g/mol. The molecule has 0 aliphatic heterocycles. The number of nitrogens with zero attached hydrogens (tertiary/aromatic N) is 2. The number of thiophene rings is 1. The molecule has 6 N–H and O–H groups in total. The predicted octanol–water partition coefficient (Wildman–Crippen LogP) is 0.104. The Morgan fingerprint density at radius 2 is 2.00 bits per heavy atom. The summed E-state index contributed by atoms with van der Waals surface area (Å²) in [7, 11) is 0. The van der Waals surface area contributed by atoms with Gasteiger partial charge in [-0.2, -0.15) is 10.2 Å². The fourth-order valence-electron chi connectivity index (χ4n) is 0.844. The summed E-state index contributed by atoms with van der Waals surface area (Å²) in [6.45, 7) is 0. The lowest BCUT2D eigenvalue weighted by Gasteiger charge is -1.99. The van der Waals surface area contributed by atoms with E-state index in [9.17, 15) is 0 Å². The van der Waals surface area contributed by atoms with Crippen LogP contribution in [0.1, 0.15) is 4.88 Å². The molecule has 1 aromatic heterocycles. The van der Waals surface area contributed by atoms with Crippen molar-refractivity contribution in [2.24, 2.45) is 21.7 Å². The van der Waals surface area contributed by atoms with Crippen LogP contribution in [0.5, 0.6) is 0 Å². The van der Waals surface area contributed by atoms with E-state index in [0.717, 1.165) is 4.88 Å². The molecule has 90 valence electrons. The lowest BCUT2D eigenvalue weighted by atomic mass is 10.3. The first-order valence-corrected chi connectivity index (χ1v) is 6.04. The van der Waals surface area contributed by atoms with Crippen LogP contribution in [0, 0.1) is 0 Å². The smallest absolute Gasteiger partial charge is 0.184 e. The number of hydrazone groups is 2. The van der Waals surface area contributed by atoms with Gasteiger partial charge in [-0.1, -0.05) is 6.07 Å². The van der Waals surface area contributed by atoms with Gasteiger partial charge in [0.2, 0.25) is 0 Å². The Kier molecular flexibility index (Phi) is 5.46. The fraction of sp³-hybridized carbons (Fsp3) is 0. The molecule has 0 fully saturated rings. The highest BCUT2D eigenvalue weighted by Gasteiger charge is 2.02. The molecule has 6 nitrogen and oxygen atoms in total. The van der Waals surface area contributed by atoms with Gasteiger partial charge in [0.1, 0.15) is 5.71 Å². The maximum atomic E-state index is 5.29. The van der Waals surface area contributed by atoms with Crippen molar-refractivity contribution in [3.63, 3.8) is 0 Å². The van der Waals surface area contributed by atoms with Crippen LogP contribution in [0.15, 0.2) is 27.7 Å². The summed E-state index contributed by atoms with van der Waals surface area (Å²) in [5.74, 6) is 0. The molecule has 1 rings (SSSR count). The van der Waals surface area contributed by atoms with Gasteiger partial charge in [0.25, 0.3) is 0 Å². The van der Waals surface area contributed by atoms with Crippen molar-refractivity contribution >= 4 is 57.9 Å². The molecular weight excluding hydrogens is 276 g/mol. The Bertz CT molecular complexity index is 450. The number of hydrogen-bond donors (Lipinski definition) is 4. The standard InChI is InChI=1S/C8H10N6S3/c9-7(15)13-11-4-5(12-14-8(10)16)6-2-1-3-17-6/h1-4H,(H3,9,13,15)(H3,10,14,16). The van der Waals surface area contributed by atoms with E-state index in [1.54, 1.807) is 0 Å². The first kappa shape index (κ1) is 13.5. The van der Waals surface area contributed by atoms with E-state index in [0.29, 0.717) is 5.71 Å². The molecule has 0 aliphatic rings. The van der Waals surface area contributed by atoms with Gasteiger partial charge in [-0.25, -0.2) is 0 Å². The Balaban J connectivity index is 2.80. The summed E-state index contributed by atoms with van der Waals surface area (Å²) in [4.78, 5) is 0.905. The Labute approximate surface area is 113 Å². The van der Waals surface area contributed by atoms with Crippen molar-refractivity contribution in [2.45, 2.75) is 0 Å². The first-order valence-electron chi connectivity index (χ1n) is 4.35. The largest absolute Gasteiger partial charge is 0.375 e. The summed E-state index contributed by atoms with van der Waals surface area (Å²) < 4.78 is 0. The predicted molar refractivity (Wildman–Crippen MR) is 79.2 cm³/mol. The SMILES string of the molecule is NC(=S)NN=CC(=NNC(N)=S)c1cccs1. The maximum absolute atomic E-state index is 5.29. The lowest BCUT2D eigenvalue weighted by molar-refractivity contribution is 1.03. The normalized spacial score (nSPS) is 11.4. The third-order valence-corrected chi connectivity index (χ3v) is 2.50. The van der Waals surface area contributed by atoms with Gasteiger partial charge < -0.3 is 11.5 Å². The minimum Gasteiger partial charge on any atom is -0.375 e. The van der Waals surface area contributed by atoms with Gasteiger partial charge in [-0.15, -0.1) is 11.3 Å². The van der Waals surface area contributed by atoms with Crippen LogP contribution in [0.3, 0.4) is 0 Å². The van der Waals surface area contributed by atoms with Crippen LogP contribution in [-0.4, -0.2) is 22.2 Å². The second kappa shape index (κ2) is 6.89. The van der Waals surface area contributed by atoms with E-state index in [2.05, 4.69) is 45.5 Å². The van der Waals surface area contributed by atoms with Gasteiger partial charge in [0.05, 0.1) is 11.1 Å².